The van der Waals surface area contributed by atoms with Crippen LogP contribution in [0.15, 0.2) is 18.2 Å². The van der Waals surface area contributed by atoms with Crippen LogP contribution >= 0.6 is 0 Å². The number of carbonyl (C=O) groups is 1. The highest BCUT2D eigenvalue weighted by atomic mass is 16.6. The average Bonchev–Trinajstić information content (AvgIpc) is 2.26. The van der Waals surface area contributed by atoms with Crippen LogP contribution in [0.3, 0.4) is 0 Å². The summed E-state index contributed by atoms with van der Waals surface area (Å²) in [6.07, 6.45) is 0. The predicted octanol–water partition coefficient (Wildman–Crippen LogP) is 1.13. The number of nitrogens with zero attached hydrogens (tertiary/aromatic N) is 1. The van der Waals surface area contributed by atoms with Crippen LogP contribution in [0.2, 0.25) is 0 Å². The van der Waals surface area contributed by atoms with E-state index >= 15 is 0 Å². The van der Waals surface area contributed by atoms with Gasteiger partial charge in [0.1, 0.15) is 5.75 Å². The molecule has 1 rings (SSSR count). The standard InChI is InChI=1S/C10H12N2O4/c1-6(11)10(13)8-5-7(12(14)15)3-4-9(8)16-2/h3-6H,11H2,1-2H3. The van der Waals surface area contributed by atoms with Crippen LogP contribution in [-0.4, -0.2) is 23.9 Å². The van der Waals surface area contributed by atoms with Gasteiger partial charge in [-0.15, -0.1) is 0 Å². The van der Waals surface area contributed by atoms with Crippen molar-refractivity contribution in [2.45, 2.75) is 13.0 Å². The Morgan fingerprint density at radius 3 is 2.62 bits per heavy atom. The Morgan fingerprint density at radius 2 is 2.19 bits per heavy atom. The Hall–Kier alpha value is -1.95. The molecule has 0 fully saturated rings. The third-order valence-corrected chi connectivity index (χ3v) is 2.07. The van der Waals surface area contributed by atoms with Gasteiger partial charge >= 0.3 is 0 Å². The Kier molecular flexibility index (Phi) is 3.57. The lowest BCUT2D eigenvalue weighted by Crippen LogP contribution is -2.27. The number of nitro benzene ring substituents is 1. The van der Waals surface area contributed by atoms with Crippen molar-refractivity contribution in [3.8, 4) is 5.75 Å². The Labute approximate surface area is 92.2 Å². The number of nitrogens with two attached hydrogens (primary N) is 1. The number of hydrogen-bond donors (Lipinski definition) is 1. The first-order chi connectivity index (χ1) is 7.47. The first kappa shape index (κ1) is 12.1. The number of rotatable bonds is 4. The van der Waals surface area contributed by atoms with Crippen LogP contribution in [0.25, 0.3) is 0 Å². The molecule has 1 atom stereocenters. The molecule has 0 bridgehead atoms. The van der Waals surface area contributed by atoms with E-state index in [-0.39, 0.29) is 22.8 Å². The number of methoxy groups -OCH3 is 1. The van der Waals surface area contributed by atoms with Gasteiger partial charge in [-0.3, -0.25) is 14.9 Å². The summed E-state index contributed by atoms with van der Waals surface area (Å²) < 4.78 is 4.95. The van der Waals surface area contributed by atoms with E-state index in [0.717, 1.165) is 0 Å². The molecule has 0 amide bonds. The molecule has 0 aliphatic carbocycles. The molecule has 0 saturated carbocycles. The van der Waals surface area contributed by atoms with Crippen molar-refractivity contribution in [2.75, 3.05) is 7.11 Å². The largest absolute Gasteiger partial charge is 0.496 e. The van der Waals surface area contributed by atoms with E-state index in [1.54, 1.807) is 0 Å². The topological polar surface area (TPSA) is 95.5 Å². The summed E-state index contributed by atoms with van der Waals surface area (Å²) in [4.78, 5) is 21.7. The summed E-state index contributed by atoms with van der Waals surface area (Å²) in [7, 11) is 1.39. The first-order valence-corrected chi connectivity index (χ1v) is 4.59. The van der Waals surface area contributed by atoms with Crippen molar-refractivity contribution in [2.24, 2.45) is 5.73 Å². The molecule has 0 heterocycles. The fourth-order valence-electron chi connectivity index (χ4n) is 1.25. The zero-order valence-electron chi connectivity index (χ0n) is 8.97. The third kappa shape index (κ3) is 2.34. The highest BCUT2D eigenvalue weighted by Gasteiger charge is 2.19. The number of carbonyl (C=O) groups excluding carboxylic acids is 1. The minimum absolute atomic E-state index is 0.131. The van der Waals surface area contributed by atoms with Gasteiger partial charge in [0.15, 0.2) is 5.78 Å². The number of ketones is 1. The maximum absolute atomic E-state index is 11.7. The predicted molar refractivity (Wildman–Crippen MR) is 57.6 cm³/mol. The van der Waals surface area contributed by atoms with E-state index in [0.29, 0.717) is 0 Å². The number of Topliss-reactive ketones (excluding diaryl/α,β-unsaturated/α-hetero) is 1. The third-order valence-electron chi connectivity index (χ3n) is 2.07. The Bertz CT molecular complexity index is 429. The molecule has 16 heavy (non-hydrogen) atoms. The molecule has 1 aromatic rings. The summed E-state index contributed by atoms with van der Waals surface area (Å²) >= 11 is 0. The molecule has 6 heteroatoms. The molecule has 86 valence electrons. The van der Waals surface area contributed by atoms with E-state index in [4.69, 9.17) is 10.5 Å². The second-order valence-corrected chi connectivity index (χ2v) is 3.29. The van der Waals surface area contributed by atoms with Gasteiger partial charge in [-0.05, 0) is 13.0 Å². The molecular formula is C10H12N2O4. The normalized spacial score (nSPS) is 11.9. The van der Waals surface area contributed by atoms with Gasteiger partial charge in [0.2, 0.25) is 0 Å². The zero-order chi connectivity index (χ0) is 12.3. The molecule has 0 spiro atoms. The number of nitro groups is 1. The molecule has 0 aliphatic rings. The lowest BCUT2D eigenvalue weighted by molar-refractivity contribution is -0.384. The van der Waals surface area contributed by atoms with Crippen molar-refractivity contribution in [1.29, 1.82) is 0 Å². The van der Waals surface area contributed by atoms with Crippen LogP contribution in [0, 0.1) is 10.1 Å². The summed E-state index contributed by atoms with van der Waals surface area (Å²) in [5.74, 6) is -0.103. The Balaban J connectivity index is 3.27. The second-order valence-electron chi connectivity index (χ2n) is 3.29. The van der Waals surface area contributed by atoms with Crippen molar-refractivity contribution < 1.29 is 14.5 Å². The first-order valence-electron chi connectivity index (χ1n) is 4.59. The van der Waals surface area contributed by atoms with Crippen molar-refractivity contribution in [1.82, 2.24) is 0 Å². The molecular weight excluding hydrogens is 212 g/mol. The molecule has 1 aromatic carbocycles. The molecule has 6 nitrogen and oxygen atoms in total. The maximum Gasteiger partial charge on any atom is 0.270 e. The van der Waals surface area contributed by atoms with Crippen LogP contribution in [0.4, 0.5) is 5.69 Å². The average molecular weight is 224 g/mol. The van der Waals surface area contributed by atoms with E-state index < -0.39 is 11.0 Å². The fraction of sp³-hybridized carbons (Fsp3) is 0.300. The zero-order valence-corrected chi connectivity index (χ0v) is 8.97. The molecule has 0 aliphatic heterocycles. The van der Waals surface area contributed by atoms with Crippen LogP contribution in [0.1, 0.15) is 17.3 Å². The van der Waals surface area contributed by atoms with Crippen molar-refractivity contribution in [3.05, 3.63) is 33.9 Å². The maximum atomic E-state index is 11.7. The molecule has 0 saturated heterocycles. The highest BCUT2D eigenvalue weighted by Crippen LogP contribution is 2.24. The number of hydrogen-bond acceptors (Lipinski definition) is 5. The lowest BCUT2D eigenvalue weighted by Gasteiger charge is -2.09. The van der Waals surface area contributed by atoms with Crippen molar-refractivity contribution >= 4 is 11.5 Å². The summed E-state index contributed by atoms with van der Waals surface area (Å²) in [6.45, 7) is 1.51. The molecule has 1 unspecified atom stereocenters. The molecule has 0 aromatic heterocycles. The van der Waals surface area contributed by atoms with E-state index in [2.05, 4.69) is 0 Å². The van der Waals surface area contributed by atoms with Gasteiger partial charge in [0.25, 0.3) is 5.69 Å². The van der Waals surface area contributed by atoms with E-state index in [1.807, 2.05) is 0 Å². The van der Waals surface area contributed by atoms with E-state index in [1.165, 1.54) is 32.2 Å². The summed E-state index contributed by atoms with van der Waals surface area (Å²) in [5, 5.41) is 10.6. The number of non-ortho nitro benzene ring substituents is 1. The minimum atomic E-state index is -0.726. The van der Waals surface area contributed by atoms with Gasteiger partial charge in [-0.1, -0.05) is 0 Å². The van der Waals surface area contributed by atoms with Gasteiger partial charge in [-0.25, -0.2) is 0 Å². The summed E-state index contributed by atoms with van der Waals surface area (Å²) in [5.41, 5.74) is 5.41. The quantitative estimate of drug-likeness (QED) is 0.470. The lowest BCUT2D eigenvalue weighted by atomic mass is 10.0. The van der Waals surface area contributed by atoms with Crippen LogP contribution in [0.5, 0.6) is 5.75 Å². The fourth-order valence-corrected chi connectivity index (χ4v) is 1.25. The Morgan fingerprint density at radius 1 is 1.56 bits per heavy atom. The van der Waals surface area contributed by atoms with Crippen molar-refractivity contribution in [3.63, 3.8) is 0 Å². The minimum Gasteiger partial charge on any atom is -0.496 e. The van der Waals surface area contributed by atoms with Crippen LogP contribution in [-0.2, 0) is 0 Å². The number of ether oxygens (including phenoxy) is 1. The molecule has 0 radical (unpaired) electrons. The van der Waals surface area contributed by atoms with Crippen LogP contribution < -0.4 is 10.5 Å². The summed E-state index contributed by atoms with van der Waals surface area (Å²) in [6, 6.07) is 3.10. The second kappa shape index (κ2) is 4.71. The van der Waals surface area contributed by atoms with Gasteiger partial charge in [0.05, 0.1) is 23.6 Å². The van der Waals surface area contributed by atoms with Gasteiger partial charge < -0.3 is 10.5 Å². The van der Waals surface area contributed by atoms with Gasteiger partial charge in [0, 0.05) is 12.1 Å². The smallest absolute Gasteiger partial charge is 0.270 e. The molecule has 2 N–H and O–H groups in total. The monoisotopic (exact) mass is 224 g/mol. The highest BCUT2D eigenvalue weighted by molar-refractivity contribution is 6.02. The SMILES string of the molecule is COc1ccc([N+](=O)[O-])cc1C(=O)C(C)N. The number of benzene rings is 1. The van der Waals surface area contributed by atoms with E-state index in [9.17, 15) is 14.9 Å². The van der Waals surface area contributed by atoms with Gasteiger partial charge in [-0.2, -0.15) is 0 Å².